The average molecular weight is 328 g/mol. The van der Waals surface area contributed by atoms with Crippen LogP contribution in [0.15, 0.2) is 43.0 Å². The van der Waals surface area contributed by atoms with Gasteiger partial charge in [0.2, 0.25) is 0 Å². The van der Waals surface area contributed by atoms with E-state index in [9.17, 15) is 4.79 Å². The highest BCUT2D eigenvalue weighted by molar-refractivity contribution is 7.15. The maximum Gasteiger partial charge on any atom is 0.416 e. The minimum atomic E-state index is -0.375. The third-order valence-electron chi connectivity index (χ3n) is 3.80. The summed E-state index contributed by atoms with van der Waals surface area (Å²) in [4.78, 5) is 20.0. The van der Waals surface area contributed by atoms with Crippen LogP contribution < -0.4 is 4.90 Å². The van der Waals surface area contributed by atoms with Crippen LogP contribution in [0.5, 0.6) is 0 Å². The zero-order valence-corrected chi connectivity index (χ0v) is 13.8. The van der Waals surface area contributed by atoms with E-state index in [-0.39, 0.29) is 12.7 Å². The number of benzene rings is 1. The van der Waals surface area contributed by atoms with Crippen molar-refractivity contribution in [1.82, 2.24) is 4.98 Å². The number of aryl methyl sites for hydroxylation is 2. The molecule has 0 aliphatic heterocycles. The molecule has 0 fully saturated rings. The highest BCUT2D eigenvalue weighted by atomic mass is 32.1. The summed E-state index contributed by atoms with van der Waals surface area (Å²) in [6.07, 6.45) is 5.77. The first-order chi connectivity index (χ1) is 11.3. The van der Waals surface area contributed by atoms with E-state index in [2.05, 4.69) is 11.6 Å². The third kappa shape index (κ3) is 3.79. The topological polar surface area (TPSA) is 42.4 Å². The maximum atomic E-state index is 12.4. The van der Waals surface area contributed by atoms with Crippen molar-refractivity contribution in [2.75, 3.05) is 11.4 Å². The molecule has 0 saturated heterocycles. The molecule has 4 nitrogen and oxygen atoms in total. The predicted molar refractivity (Wildman–Crippen MR) is 92.9 cm³/mol. The van der Waals surface area contributed by atoms with Crippen LogP contribution in [0.25, 0.3) is 0 Å². The molecule has 1 aromatic carbocycles. The molecule has 120 valence electrons. The van der Waals surface area contributed by atoms with Gasteiger partial charge in [0.1, 0.15) is 6.61 Å². The Labute approximate surface area is 140 Å². The molecule has 0 radical (unpaired) electrons. The van der Waals surface area contributed by atoms with Crippen molar-refractivity contribution in [2.45, 2.75) is 32.3 Å². The Balaban J connectivity index is 1.71. The normalized spacial score (nSPS) is 13.2. The summed E-state index contributed by atoms with van der Waals surface area (Å²) in [5, 5.41) is 0.717. The Kier molecular flexibility index (Phi) is 5.08. The highest BCUT2D eigenvalue weighted by Gasteiger charge is 2.23. The van der Waals surface area contributed by atoms with Gasteiger partial charge in [-0.25, -0.2) is 14.7 Å². The van der Waals surface area contributed by atoms with Crippen molar-refractivity contribution in [3.63, 3.8) is 0 Å². The van der Waals surface area contributed by atoms with Crippen LogP contribution in [0.2, 0.25) is 0 Å². The minimum Gasteiger partial charge on any atom is -0.444 e. The molecule has 0 saturated carbocycles. The van der Waals surface area contributed by atoms with Crippen LogP contribution in [0.3, 0.4) is 0 Å². The molecule has 1 heterocycles. The second kappa shape index (κ2) is 7.42. The second-order valence-corrected chi connectivity index (χ2v) is 6.57. The molecule has 0 bridgehead atoms. The van der Waals surface area contributed by atoms with E-state index in [0.717, 1.165) is 29.2 Å². The van der Waals surface area contributed by atoms with E-state index in [1.165, 1.54) is 17.7 Å². The lowest BCUT2D eigenvalue weighted by Gasteiger charge is -2.17. The van der Waals surface area contributed by atoms with Gasteiger partial charge in [-0.1, -0.05) is 36.4 Å². The monoisotopic (exact) mass is 328 g/mol. The molecule has 0 atom stereocenters. The van der Waals surface area contributed by atoms with E-state index in [0.29, 0.717) is 6.54 Å². The number of hydrogen-bond donors (Lipinski definition) is 0. The summed E-state index contributed by atoms with van der Waals surface area (Å²) in [5.41, 5.74) is 2.11. The number of amides is 1. The maximum absolute atomic E-state index is 12.4. The first-order valence-corrected chi connectivity index (χ1v) is 8.67. The van der Waals surface area contributed by atoms with Gasteiger partial charge in [0.15, 0.2) is 5.13 Å². The molecule has 1 aliphatic carbocycles. The van der Waals surface area contributed by atoms with Crippen LogP contribution >= 0.6 is 11.3 Å². The van der Waals surface area contributed by atoms with Gasteiger partial charge in [-0.2, -0.15) is 0 Å². The average Bonchev–Trinajstić information content (AvgIpc) is 3.02. The molecule has 3 rings (SSSR count). The fourth-order valence-electron chi connectivity index (χ4n) is 2.61. The third-order valence-corrected chi connectivity index (χ3v) is 4.98. The Morgan fingerprint density at radius 1 is 1.30 bits per heavy atom. The SMILES string of the molecule is C=CCN(C(=O)OCc1ccccc1)c1nc2c(s1)CCCC2. The van der Waals surface area contributed by atoms with Crippen molar-refractivity contribution in [2.24, 2.45) is 0 Å². The molecule has 23 heavy (non-hydrogen) atoms. The molecule has 5 heteroatoms. The van der Waals surface area contributed by atoms with E-state index in [4.69, 9.17) is 4.74 Å². The van der Waals surface area contributed by atoms with Gasteiger partial charge in [0.05, 0.1) is 5.69 Å². The lowest BCUT2D eigenvalue weighted by atomic mass is 10.0. The predicted octanol–water partition coefficient (Wildman–Crippen LogP) is 4.35. The van der Waals surface area contributed by atoms with E-state index < -0.39 is 0 Å². The number of carbonyl (C=O) groups excluding carboxylic acids is 1. The van der Waals surface area contributed by atoms with Crippen molar-refractivity contribution in [3.8, 4) is 0 Å². The molecule has 0 unspecified atom stereocenters. The second-order valence-electron chi connectivity index (χ2n) is 5.51. The lowest BCUT2D eigenvalue weighted by Crippen LogP contribution is -2.31. The van der Waals surface area contributed by atoms with E-state index in [1.54, 1.807) is 22.3 Å². The standard InChI is InChI=1S/C18H20N2O2S/c1-2-12-20(17-19-15-10-6-7-11-16(15)23-17)18(21)22-13-14-8-4-3-5-9-14/h2-5,8-9H,1,6-7,10-13H2. The molecule has 0 spiro atoms. The Hall–Kier alpha value is -2.14. The summed E-state index contributed by atoms with van der Waals surface area (Å²) in [7, 11) is 0. The van der Waals surface area contributed by atoms with Gasteiger partial charge >= 0.3 is 6.09 Å². The molecule has 1 aliphatic rings. The lowest BCUT2D eigenvalue weighted by molar-refractivity contribution is 0.147. The summed E-state index contributed by atoms with van der Waals surface area (Å²) in [6.45, 7) is 4.40. The number of anilines is 1. The van der Waals surface area contributed by atoms with Crippen LogP contribution in [0.4, 0.5) is 9.93 Å². The smallest absolute Gasteiger partial charge is 0.416 e. The zero-order chi connectivity index (χ0) is 16.1. The number of thiazole rings is 1. The first kappa shape index (κ1) is 15.7. The van der Waals surface area contributed by atoms with Gasteiger partial charge in [0.25, 0.3) is 0 Å². The molecular formula is C18H20N2O2S. The van der Waals surface area contributed by atoms with Crippen LogP contribution in [0.1, 0.15) is 29.0 Å². The number of nitrogens with zero attached hydrogens (tertiary/aromatic N) is 2. The summed E-state index contributed by atoms with van der Waals surface area (Å²) < 4.78 is 5.44. The van der Waals surface area contributed by atoms with Gasteiger partial charge in [0, 0.05) is 11.4 Å². The van der Waals surface area contributed by atoms with Gasteiger partial charge < -0.3 is 4.74 Å². The highest BCUT2D eigenvalue weighted by Crippen LogP contribution is 2.32. The number of fused-ring (bicyclic) bond motifs is 1. The van der Waals surface area contributed by atoms with Crippen molar-refractivity contribution < 1.29 is 9.53 Å². The van der Waals surface area contributed by atoms with Gasteiger partial charge in [-0.3, -0.25) is 0 Å². The molecular weight excluding hydrogens is 308 g/mol. The Morgan fingerprint density at radius 2 is 2.09 bits per heavy atom. The Bertz CT molecular complexity index is 658. The molecule has 1 amide bonds. The molecule has 1 aromatic heterocycles. The molecule has 2 aromatic rings. The first-order valence-electron chi connectivity index (χ1n) is 7.85. The van der Waals surface area contributed by atoms with Crippen molar-refractivity contribution >= 4 is 22.6 Å². The number of hydrogen-bond acceptors (Lipinski definition) is 4. The zero-order valence-electron chi connectivity index (χ0n) is 13.0. The van der Waals surface area contributed by atoms with Crippen LogP contribution in [-0.2, 0) is 24.2 Å². The number of ether oxygens (including phenoxy) is 1. The summed E-state index contributed by atoms with van der Waals surface area (Å²) >= 11 is 1.60. The van der Waals surface area contributed by atoms with Crippen LogP contribution in [0, 0.1) is 0 Å². The quantitative estimate of drug-likeness (QED) is 0.766. The van der Waals surface area contributed by atoms with Crippen LogP contribution in [-0.4, -0.2) is 17.6 Å². The summed E-state index contributed by atoms with van der Waals surface area (Å²) in [5.74, 6) is 0. The minimum absolute atomic E-state index is 0.262. The van der Waals surface area contributed by atoms with E-state index >= 15 is 0 Å². The fourth-order valence-corrected chi connectivity index (χ4v) is 3.76. The van der Waals surface area contributed by atoms with Gasteiger partial charge in [-0.15, -0.1) is 17.9 Å². The van der Waals surface area contributed by atoms with Crippen molar-refractivity contribution in [1.29, 1.82) is 0 Å². The fraction of sp³-hybridized carbons (Fsp3) is 0.333. The Morgan fingerprint density at radius 3 is 2.83 bits per heavy atom. The summed E-state index contributed by atoms with van der Waals surface area (Å²) in [6, 6.07) is 9.68. The van der Waals surface area contributed by atoms with Gasteiger partial charge in [-0.05, 0) is 31.2 Å². The van der Waals surface area contributed by atoms with E-state index in [1.807, 2.05) is 30.3 Å². The number of aromatic nitrogens is 1. The number of carbonyl (C=O) groups is 1. The molecule has 0 N–H and O–H groups in total. The largest absolute Gasteiger partial charge is 0.444 e. The number of rotatable bonds is 5. The van der Waals surface area contributed by atoms with Crippen molar-refractivity contribution in [3.05, 3.63) is 59.1 Å².